The molecule has 2 aromatic carbocycles. The fourth-order valence-corrected chi connectivity index (χ4v) is 3.31. The fourth-order valence-electron chi connectivity index (χ4n) is 2.24. The molecule has 0 atom stereocenters. The normalized spacial score (nSPS) is 11.0. The summed E-state index contributed by atoms with van der Waals surface area (Å²) in [6, 6.07) is 14.0. The second-order valence-corrected chi connectivity index (χ2v) is 7.91. The molecule has 0 radical (unpaired) electrons. The van der Waals surface area contributed by atoms with E-state index in [0.717, 1.165) is 6.42 Å². The van der Waals surface area contributed by atoms with Gasteiger partial charge in [-0.1, -0.05) is 26.0 Å². The second-order valence-electron chi connectivity index (χ2n) is 6.23. The number of para-hydroxylation sites is 1. The maximum Gasteiger partial charge on any atom is 0.261 e. The SMILES string of the molecule is CC(C)CCNC(=O)c1ccc(S(=O)(=O)Nc2ccccc2C#N)cc1. The minimum Gasteiger partial charge on any atom is -0.352 e. The number of hydrogen-bond donors (Lipinski definition) is 2. The number of nitrogens with one attached hydrogen (secondary N) is 2. The topological polar surface area (TPSA) is 99.1 Å². The van der Waals surface area contributed by atoms with Crippen molar-refractivity contribution in [2.24, 2.45) is 5.92 Å². The van der Waals surface area contributed by atoms with E-state index < -0.39 is 10.0 Å². The van der Waals surface area contributed by atoms with Crippen molar-refractivity contribution in [2.75, 3.05) is 11.3 Å². The number of nitrogens with zero attached hydrogens (tertiary/aromatic N) is 1. The molecule has 0 aliphatic carbocycles. The lowest BCUT2D eigenvalue weighted by atomic mass is 10.1. The van der Waals surface area contributed by atoms with E-state index in [2.05, 4.69) is 23.9 Å². The molecular weight excluding hydrogens is 350 g/mol. The molecule has 2 N–H and O–H groups in total. The van der Waals surface area contributed by atoms with Gasteiger partial charge in [0.25, 0.3) is 15.9 Å². The minimum absolute atomic E-state index is 0.0176. The lowest BCUT2D eigenvalue weighted by Gasteiger charge is -2.10. The van der Waals surface area contributed by atoms with Crippen molar-refractivity contribution in [1.29, 1.82) is 5.26 Å². The Labute approximate surface area is 153 Å². The monoisotopic (exact) mass is 371 g/mol. The molecule has 6 nitrogen and oxygen atoms in total. The summed E-state index contributed by atoms with van der Waals surface area (Å²) in [7, 11) is -3.85. The summed E-state index contributed by atoms with van der Waals surface area (Å²) in [4.78, 5) is 12.1. The molecule has 0 unspecified atom stereocenters. The van der Waals surface area contributed by atoms with E-state index in [1.54, 1.807) is 12.1 Å². The Morgan fingerprint density at radius 3 is 2.38 bits per heavy atom. The molecule has 136 valence electrons. The fraction of sp³-hybridized carbons (Fsp3) is 0.263. The molecule has 0 aliphatic rings. The molecule has 7 heteroatoms. The number of anilines is 1. The van der Waals surface area contributed by atoms with Crippen molar-refractivity contribution in [1.82, 2.24) is 5.32 Å². The Kier molecular flexibility index (Phi) is 6.36. The van der Waals surface area contributed by atoms with Crippen molar-refractivity contribution in [2.45, 2.75) is 25.2 Å². The number of amides is 1. The highest BCUT2D eigenvalue weighted by molar-refractivity contribution is 7.92. The van der Waals surface area contributed by atoms with Crippen molar-refractivity contribution >= 4 is 21.6 Å². The molecule has 0 bridgehead atoms. The summed E-state index contributed by atoms with van der Waals surface area (Å²) >= 11 is 0. The van der Waals surface area contributed by atoms with Crippen molar-refractivity contribution in [3.8, 4) is 6.07 Å². The van der Waals surface area contributed by atoms with Gasteiger partial charge in [0.05, 0.1) is 16.1 Å². The summed E-state index contributed by atoms with van der Waals surface area (Å²) in [5.41, 5.74) is 0.841. The first-order valence-electron chi connectivity index (χ1n) is 8.23. The van der Waals surface area contributed by atoms with Gasteiger partial charge in [0.1, 0.15) is 6.07 Å². The highest BCUT2D eigenvalue weighted by Crippen LogP contribution is 2.19. The number of sulfonamides is 1. The van der Waals surface area contributed by atoms with Crippen LogP contribution >= 0.6 is 0 Å². The van der Waals surface area contributed by atoms with Crippen LogP contribution in [0.4, 0.5) is 5.69 Å². The molecule has 0 heterocycles. The number of hydrogen-bond acceptors (Lipinski definition) is 4. The predicted octanol–water partition coefficient (Wildman–Crippen LogP) is 3.13. The summed E-state index contributed by atoms with van der Waals surface area (Å²) in [5, 5.41) is 11.9. The summed E-state index contributed by atoms with van der Waals surface area (Å²) < 4.78 is 27.4. The van der Waals surface area contributed by atoms with Gasteiger partial charge in [-0.25, -0.2) is 8.42 Å². The van der Waals surface area contributed by atoms with Gasteiger partial charge >= 0.3 is 0 Å². The zero-order chi connectivity index (χ0) is 19.2. The van der Waals surface area contributed by atoms with Crippen molar-refractivity contribution < 1.29 is 13.2 Å². The van der Waals surface area contributed by atoms with E-state index in [0.29, 0.717) is 18.0 Å². The highest BCUT2D eigenvalue weighted by atomic mass is 32.2. The van der Waals surface area contributed by atoms with Crippen LogP contribution < -0.4 is 10.0 Å². The Hall–Kier alpha value is -2.85. The molecule has 26 heavy (non-hydrogen) atoms. The third kappa shape index (κ3) is 5.07. The van der Waals surface area contributed by atoms with E-state index >= 15 is 0 Å². The third-order valence-corrected chi connectivity index (χ3v) is 5.11. The Balaban J connectivity index is 2.11. The molecule has 0 aliphatic heterocycles. The first kappa shape index (κ1) is 19.5. The van der Waals surface area contributed by atoms with Crippen LogP contribution in [0.2, 0.25) is 0 Å². The molecule has 2 rings (SSSR count). The maximum atomic E-state index is 12.5. The zero-order valence-corrected chi connectivity index (χ0v) is 15.5. The van der Waals surface area contributed by atoms with Gasteiger partial charge < -0.3 is 5.32 Å². The van der Waals surface area contributed by atoms with Crippen LogP contribution in [0.25, 0.3) is 0 Å². The molecular formula is C19H21N3O3S. The first-order valence-corrected chi connectivity index (χ1v) is 9.72. The van der Waals surface area contributed by atoms with E-state index in [9.17, 15) is 13.2 Å². The Morgan fingerprint density at radius 1 is 1.12 bits per heavy atom. The van der Waals surface area contributed by atoms with Crippen LogP contribution in [-0.2, 0) is 10.0 Å². The molecule has 0 saturated heterocycles. The number of rotatable bonds is 7. The van der Waals surface area contributed by atoms with Crippen molar-refractivity contribution in [3.05, 3.63) is 59.7 Å². The summed E-state index contributed by atoms with van der Waals surface area (Å²) in [5.74, 6) is 0.252. The van der Waals surface area contributed by atoms with Gasteiger partial charge in [0.2, 0.25) is 0 Å². The molecule has 1 amide bonds. The number of benzene rings is 2. The molecule has 0 aromatic heterocycles. The Morgan fingerprint density at radius 2 is 1.77 bits per heavy atom. The van der Waals surface area contributed by atoms with Gasteiger partial charge in [-0.05, 0) is 48.7 Å². The lowest BCUT2D eigenvalue weighted by Crippen LogP contribution is -2.25. The van der Waals surface area contributed by atoms with Gasteiger partial charge in [0, 0.05) is 12.1 Å². The second kappa shape index (κ2) is 8.50. The first-order chi connectivity index (χ1) is 12.3. The van der Waals surface area contributed by atoms with Crippen LogP contribution in [-0.4, -0.2) is 20.9 Å². The number of nitriles is 1. The quantitative estimate of drug-likeness (QED) is 0.781. The zero-order valence-electron chi connectivity index (χ0n) is 14.7. The van der Waals surface area contributed by atoms with Gasteiger partial charge in [0.15, 0.2) is 0 Å². The molecule has 0 fully saturated rings. The van der Waals surface area contributed by atoms with E-state index in [4.69, 9.17) is 5.26 Å². The maximum absolute atomic E-state index is 12.5. The van der Waals surface area contributed by atoms with E-state index in [1.165, 1.54) is 36.4 Å². The summed E-state index contributed by atoms with van der Waals surface area (Å²) in [6.07, 6.45) is 0.875. The van der Waals surface area contributed by atoms with E-state index in [1.807, 2.05) is 6.07 Å². The van der Waals surface area contributed by atoms with Gasteiger partial charge in [-0.15, -0.1) is 0 Å². The molecule has 2 aromatic rings. The minimum atomic E-state index is -3.85. The highest BCUT2D eigenvalue weighted by Gasteiger charge is 2.16. The number of carbonyl (C=O) groups excluding carboxylic acids is 1. The van der Waals surface area contributed by atoms with E-state index in [-0.39, 0.29) is 22.1 Å². The molecule has 0 spiro atoms. The average Bonchev–Trinajstić information content (AvgIpc) is 2.61. The van der Waals surface area contributed by atoms with Crippen LogP contribution in [0.15, 0.2) is 53.4 Å². The average molecular weight is 371 g/mol. The summed E-state index contributed by atoms with van der Waals surface area (Å²) in [6.45, 7) is 4.72. The molecule has 0 saturated carbocycles. The smallest absolute Gasteiger partial charge is 0.261 e. The van der Waals surface area contributed by atoms with Crippen molar-refractivity contribution in [3.63, 3.8) is 0 Å². The van der Waals surface area contributed by atoms with Crippen LogP contribution in [0.1, 0.15) is 36.2 Å². The third-order valence-electron chi connectivity index (χ3n) is 3.73. The van der Waals surface area contributed by atoms with Gasteiger partial charge in [-0.2, -0.15) is 5.26 Å². The van der Waals surface area contributed by atoms with Gasteiger partial charge in [-0.3, -0.25) is 9.52 Å². The largest absolute Gasteiger partial charge is 0.352 e. The van der Waals surface area contributed by atoms with Crippen LogP contribution in [0.5, 0.6) is 0 Å². The Bertz CT molecular complexity index is 914. The van der Waals surface area contributed by atoms with Crippen LogP contribution in [0, 0.1) is 17.2 Å². The number of carbonyl (C=O) groups is 1. The predicted molar refractivity (Wildman–Crippen MR) is 100 cm³/mol. The van der Waals surface area contributed by atoms with Crippen LogP contribution in [0.3, 0.4) is 0 Å². The standard InChI is InChI=1S/C19H21N3O3S/c1-14(2)11-12-21-19(23)15-7-9-17(10-8-15)26(24,25)22-18-6-4-3-5-16(18)13-20/h3-10,14,22H,11-12H2,1-2H3,(H,21,23). The lowest BCUT2D eigenvalue weighted by molar-refractivity contribution is 0.0952.